The third-order valence-electron chi connectivity index (χ3n) is 3.08. The van der Waals surface area contributed by atoms with E-state index in [1.807, 2.05) is 18.2 Å². The van der Waals surface area contributed by atoms with Crippen LogP contribution in [0.15, 0.2) is 59.6 Å². The minimum atomic E-state index is -0.287. The van der Waals surface area contributed by atoms with Gasteiger partial charge in [-0.3, -0.25) is 9.78 Å². The second kappa shape index (κ2) is 7.17. The maximum atomic E-state index is 12.1. The van der Waals surface area contributed by atoms with Gasteiger partial charge in [0.1, 0.15) is 23.6 Å². The molecule has 0 atom stereocenters. The van der Waals surface area contributed by atoms with Crippen LogP contribution < -0.4 is 10.6 Å². The summed E-state index contributed by atoms with van der Waals surface area (Å²) in [5.41, 5.74) is 1.17. The van der Waals surface area contributed by atoms with Crippen LogP contribution in [0.1, 0.15) is 21.9 Å². The molecular formula is C16H15N5O2. The molecule has 7 heteroatoms. The third kappa shape index (κ3) is 4.13. The van der Waals surface area contributed by atoms with Crippen molar-refractivity contribution in [2.45, 2.75) is 13.1 Å². The summed E-state index contributed by atoms with van der Waals surface area (Å²) >= 11 is 0. The van der Waals surface area contributed by atoms with Crippen molar-refractivity contribution in [3.63, 3.8) is 0 Å². The van der Waals surface area contributed by atoms with E-state index in [1.54, 1.807) is 30.7 Å². The Morgan fingerprint density at radius 2 is 2.04 bits per heavy atom. The lowest BCUT2D eigenvalue weighted by Gasteiger charge is -2.07. The van der Waals surface area contributed by atoms with Crippen molar-refractivity contribution in [3.8, 4) is 0 Å². The van der Waals surface area contributed by atoms with Crippen LogP contribution in [0.5, 0.6) is 0 Å². The molecule has 23 heavy (non-hydrogen) atoms. The van der Waals surface area contributed by atoms with E-state index in [0.717, 1.165) is 5.69 Å². The van der Waals surface area contributed by atoms with E-state index >= 15 is 0 Å². The van der Waals surface area contributed by atoms with E-state index in [2.05, 4.69) is 25.6 Å². The Bertz CT molecular complexity index is 759. The van der Waals surface area contributed by atoms with Crippen LogP contribution in [0.3, 0.4) is 0 Å². The molecular weight excluding hydrogens is 294 g/mol. The van der Waals surface area contributed by atoms with Crippen molar-refractivity contribution in [1.82, 2.24) is 20.3 Å². The van der Waals surface area contributed by atoms with Gasteiger partial charge in [-0.05, 0) is 24.3 Å². The molecule has 0 fully saturated rings. The predicted octanol–water partition coefficient (Wildman–Crippen LogP) is 2.01. The number of anilines is 1. The Morgan fingerprint density at radius 3 is 2.83 bits per heavy atom. The van der Waals surface area contributed by atoms with E-state index in [0.29, 0.717) is 24.7 Å². The summed E-state index contributed by atoms with van der Waals surface area (Å²) in [6.45, 7) is 0.831. The summed E-state index contributed by atoms with van der Waals surface area (Å²) in [7, 11) is 0. The van der Waals surface area contributed by atoms with Gasteiger partial charge in [-0.2, -0.15) is 0 Å². The van der Waals surface area contributed by atoms with Crippen LogP contribution in [-0.4, -0.2) is 20.9 Å². The molecule has 3 aromatic heterocycles. The van der Waals surface area contributed by atoms with Gasteiger partial charge in [0.15, 0.2) is 0 Å². The molecule has 0 radical (unpaired) electrons. The first-order chi connectivity index (χ1) is 11.3. The maximum Gasteiger partial charge on any atom is 0.270 e. The number of furan rings is 1. The second-order valence-corrected chi connectivity index (χ2v) is 4.73. The first-order valence-electron chi connectivity index (χ1n) is 7.07. The van der Waals surface area contributed by atoms with E-state index in [-0.39, 0.29) is 11.6 Å². The Labute approximate surface area is 132 Å². The normalized spacial score (nSPS) is 10.3. The molecule has 0 aliphatic heterocycles. The molecule has 1 amide bonds. The van der Waals surface area contributed by atoms with Crippen LogP contribution in [0.25, 0.3) is 0 Å². The molecule has 0 aliphatic rings. The van der Waals surface area contributed by atoms with Gasteiger partial charge in [0.2, 0.25) is 0 Å². The first-order valence-corrected chi connectivity index (χ1v) is 7.07. The van der Waals surface area contributed by atoms with E-state index in [4.69, 9.17) is 4.42 Å². The molecule has 3 aromatic rings. The highest BCUT2D eigenvalue weighted by Gasteiger charge is 2.09. The molecule has 7 nitrogen and oxygen atoms in total. The Morgan fingerprint density at radius 1 is 1.09 bits per heavy atom. The number of carbonyl (C=O) groups is 1. The van der Waals surface area contributed by atoms with Gasteiger partial charge in [-0.25, -0.2) is 9.97 Å². The van der Waals surface area contributed by atoms with Gasteiger partial charge < -0.3 is 15.1 Å². The minimum Gasteiger partial charge on any atom is -0.467 e. The lowest BCUT2D eigenvalue weighted by molar-refractivity contribution is 0.0943. The summed E-state index contributed by atoms with van der Waals surface area (Å²) in [6, 6.07) is 10.8. The number of amides is 1. The zero-order valence-corrected chi connectivity index (χ0v) is 12.3. The van der Waals surface area contributed by atoms with Crippen LogP contribution >= 0.6 is 0 Å². The van der Waals surface area contributed by atoms with E-state index in [1.165, 1.54) is 6.33 Å². The Balaban J connectivity index is 1.59. The van der Waals surface area contributed by atoms with Crippen molar-refractivity contribution < 1.29 is 9.21 Å². The second-order valence-electron chi connectivity index (χ2n) is 4.73. The molecule has 3 heterocycles. The molecule has 2 N–H and O–H groups in total. The molecule has 0 aliphatic carbocycles. The summed E-state index contributed by atoms with van der Waals surface area (Å²) < 4.78 is 5.16. The average Bonchev–Trinajstić information content (AvgIpc) is 3.12. The van der Waals surface area contributed by atoms with Crippen molar-refractivity contribution in [1.29, 1.82) is 0 Å². The molecule has 0 spiro atoms. The van der Waals surface area contributed by atoms with Crippen molar-refractivity contribution in [3.05, 3.63) is 72.3 Å². The van der Waals surface area contributed by atoms with E-state index in [9.17, 15) is 4.79 Å². The van der Waals surface area contributed by atoms with Crippen molar-refractivity contribution in [2.24, 2.45) is 0 Å². The molecule has 116 valence electrons. The van der Waals surface area contributed by atoms with Crippen molar-refractivity contribution in [2.75, 3.05) is 5.32 Å². The average molecular weight is 309 g/mol. The molecule has 0 aromatic carbocycles. The fourth-order valence-corrected chi connectivity index (χ4v) is 1.93. The fourth-order valence-electron chi connectivity index (χ4n) is 1.93. The summed E-state index contributed by atoms with van der Waals surface area (Å²) in [5, 5.41) is 5.85. The topological polar surface area (TPSA) is 92.9 Å². The van der Waals surface area contributed by atoms with Gasteiger partial charge in [-0.15, -0.1) is 0 Å². The first kappa shape index (κ1) is 14.7. The maximum absolute atomic E-state index is 12.1. The van der Waals surface area contributed by atoms with Gasteiger partial charge in [0.25, 0.3) is 5.91 Å². The summed E-state index contributed by atoms with van der Waals surface area (Å²) in [6.07, 6.45) is 4.64. The van der Waals surface area contributed by atoms with E-state index < -0.39 is 0 Å². The number of nitrogens with zero attached hydrogens (tertiary/aromatic N) is 3. The highest BCUT2D eigenvalue weighted by atomic mass is 16.3. The van der Waals surface area contributed by atoms with Crippen molar-refractivity contribution >= 4 is 11.7 Å². The van der Waals surface area contributed by atoms with Gasteiger partial charge in [-0.1, -0.05) is 6.07 Å². The molecule has 0 saturated carbocycles. The highest BCUT2D eigenvalue weighted by Crippen LogP contribution is 2.07. The molecule has 0 saturated heterocycles. The monoisotopic (exact) mass is 309 g/mol. The van der Waals surface area contributed by atoms with Crippen LogP contribution in [0.2, 0.25) is 0 Å². The minimum absolute atomic E-state index is 0.287. The zero-order valence-electron chi connectivity index (χ0n) is 12.3. The Hall–Kier alpha value is -3.22. The predicted molar refractivity (Wildman–Crippen MR) is 83.5 cm³/mol. The smallest absolute Gasteiger partial charge is 0.270 e. The van der Waals surface area contributed by atoms with Gasteiger partial charge in [0.05, 0.1) is 25.0 Å². The number of hydrogen-bond donors (Lipinski definition) is 2. The Kier molecular flexibility index (Phi) is 4.58. The number of hydrogen-bond acceptors (Lipinski definition) is 6. The number of rotatable bonds is 6. The molecule has 0 unspecified atom stereocenters. The zero-order chi connectivity index (χ0) is 15.9. The number of aromatic nitrogens is 3. The lowest BCUT2D eigenvalue weighted by Crippen LogP contribution is -2.23. The molecule has 0 bridgehead atoms. The number of pyridine rings is 1. The largest absolute Gasteiger partial charge is 0.467 e. The third-order valence-corrected chi connectivity index (χ3v) is 3.08. The van der Waals surface area contributed by atoms with Crippen LogP contribution in [0.4, 0.5) is 5.82 Å². The summed E-state index contributed by atoms with van der Waals surface area (Å²) in [4.78, 5) is 24.4. The SMILES string of the molecule is O=C(NCc1ccco1)c1cc(NCc2ccccn2)ncn1. The van der Waals surface area contributed by atoms with Gasteiger partial charge >= 0.3 is 0 Å². The standard InChI is InChI=1S/C16H15N5O2/c22-16(19-10-13-5-3-7-23-13)14-8-15(21-11-20-14)18-9-12-4-1-2-6-17-12/h1-8,11H,9-10H2,(H,19,22)(H,18,20,21). The number of nitrogens with one attached hydrogen (secondary N) is 2. The summed E-state index contributed by atoms with van der Waals surface area (Å²) in [5.74, 6) is 0.958. The lowest BCUT2D eigenvalue weighted by atomic mass is 10.3. The van der Waals surface area contributed by atoms with Crippen LogP contribution in [0, 0.1) is 0 Å². The molecule has 3 rings (SSSR count). The number of carbonyl (C=O) groups excluding carboxylic acids is 1. The quantitative estimate of drug-likeness (QED) is 0.723. The highest BCUT2D eigenvalue weighted by molar-refractivity contribution is 5.92. The fraction of sp³-hybridized carbons (Fsp3) is 0.125. The van der Waals surface area contributed by atoms with Crippen LogP contribution in [-0.2, 0) is 13.1 Å². The van der Waals surface area contributed by atoms with Gasteiger partial charge in [0, 0.05) is 12.3 Å².